The van der Waals surface area contributed by atoms with Crippen molar-refractivity contribution in [2.75, 3.05) is 31.7 Å². The second-order valence-corrected chi connectivity index (χ2v) is 6.68. The molecule has 1 aromatic heterocycles. The molecule has 1 aliphatic rings. The van der Waals surface area contributed by atoms with Crippen molar-refractivity contribution in [2.24, 2.45) is 0 Å². The van der Waals surface area contributed by atoms with Crippen LogP contribution in [0.3, 0.4) is 0 Å². The fourth-order valence-corrected chi connectivity index (χ4v) is 3.51. The molecule has 0 amide bonds. The molecular formula is C21H23N3O2. The van der Waals surface area contributed by atoms with E-state index >= 15 is 0 Å². The molecule has 0 radical (unpaired) electrons. The number of para-hydroxylation sites is 1. The molecule has 4 rings (SSSR count). The van der Waals surface area contributed by atoms with Crippen LogP contribution in [0.25, 0.3) is 22.3 Å². The first-order chi connectivity index (χ1) is 12.7. The molecule has 0 saturated carbocycles. The minimum absolute atomic E-state index is 0.0395. The number of morpholine rings is 1. The van der Waals surface area contributed by atoms with E-state index in [1.54, 1.807) is 7.11 Å². The van der Waals surface area contributed by atoms with Crippen LogP contribution in [0.5, 0.6) is 0 Å². The standard InChI is InChI=1S/C21H23N3O2/c1-15-12-24(13-17(26-15)14-25-2)21-18-10-6-7-11-19(18)22-20(23-21)16-8-4-3-5-9-16/h3-11,15,17H,12-14H2,1-2H3. The number of fused-ring (bicyclic) bond motifs is 1. The summed E-state index contributed by atoms with van der Waals surface area (Å²) in [6, 6.07) is 18.3. The molecule has 1 aliphatic heterocycles. The highest BCUT2D eigenvalue weighted by atomic mass is 16.5. The summed E-state index contributed by atoms with van der Waals surface area (Å²) in [6.45, 7) is 4.23. The Balaban J connectivity index is 1.80. The highest BCUT2D eigenvalue weighted by Crippen LogP contribution is 2.29. The van der Waals surface area contributed by atoms with E-state index in [9.17, 15) is 0 Å². The molecule has 5 heteroatoms. The molecule has 1 saturated heterocycles. The van der Waals surface area contributed by atoms with E-state index in [1.165, 1.54) is 0 Å². The molecule has 2 aromatic carbocycles. The predicted octanol–water partition coefficient (Wildman–Crippen LogP) is 3.54. The summed E-state index contributed by atoms with van der Waals surface area (Å²) < 4.78 is 11.3. The third-order valence-electron chi connectivity index (χ3n) is 4.59. The lowest BCUT2D eigenvalue weighted by Gasteiger charge is -2.37. The van der Waals surface area contributed by atoms with Crippen molar-refractivity contribution >= 4 is 16.7 Å². The van der Waals surface area contributed by atoms with Crippen LogP contribution in [0.15, 0.2) is 54.6 Å². The number of hydrogen-bond donors (Lipinski definition) is 0. The molecule has 0 spiro atoms. The minimum Gasteiger partial charge on any atom is -0.382 e. The van der Waals surface area contributed by atoms with Gasteiger partial charge in [-0.1, -0.05) is 42.5 Å². The Morgan fingerprint density at radius 3 is 2.62 bits per heavy atom. The Hall–Kier alpha value is -2.50. The SMILES string of the molecule is COCC1CN(c2nc(-c3ccccc3)nc3ccccc23)CC(C)O1. The lowest BCUT2D eigenvalue weighted by molar-refractivity contribution is -0.0512. The van der Waals surface area contributed by atoms with Crippen LogP contribution in [-0.4, -0.2) is 49.0 Å². The number of nitrogens with zero attached hydrogens (tertiary/aromatic N) is 3. The van der Waals surface area contributed by atoms with Gasteiger partial charge in [0.25, 0.3) is 0 Å². The largest absolute Gasteiger partial charge is 0.382 e. The zero-order valence-corrected chi connectivity index (χ0v) is 15.1. The minimum atomic E-state index is 0.0395. The van der Waals surface area contributed by atoms with Gasteiger partial charge in [-0.25, -0.2) is 9.97 Å². The zero-order valence-electron chi connectivity index (χ0n) is 15.1. The summed E-state index contributed by atoms with van der Waals surface area (Å²) in [5.74, 6) is 1.72. The maximum absolute atomic E-state index is 6.00. The second kappa shape index (κ2) is 7.40. The molecule has 26 heavy (non-hydrogen) atoms. The molecule has 2 heterocycles. The van der Waals surface area contributed by atoms with Crippen LogP contribution >= 0.6 is 0 Å². The van der Waals surface area contributed by atoms with Gasteiger partial charge in [0.05, 0.1) is 24.3 Å². The van der Waals surface area contributed by atoms with Crippen molar-refractivity contribution in [1.82, 2.24) is 9.97 Å². The van der Waals surface area contributed by atoms with E-state index in [0.29, 0.717) is 6.61 Å². The first-order valence-corrected chi connectivity index (χ1v) is 8.96. The van der Waals surface area contributed by atoms with Crippen molar-refractivity contribution in [3.8, 4) is 11.4 Å². The van der Waals surface area contributed by atoms with Gasteiger partial charge in [-0.2, -0.15) is 0 Å². The molecule has 2 unspecified atom stereocenters. The van der Waals surface area contributed by atoms with Crippen molar-refractivity contribution < 1.29 is 9.47 Å². The summed E-state index contributed by atoms with van der Waals surface area (Å²) in [7, 11) is 1.71. The highest BCUT2D eigenvalue weighted by molar-refractivity contribution is 5.91. The molecule has 134 valence electrons. The first-order valence-electron chi connectivity index (χ1n) is 8.96. The smallest absolute Gasteiger partial charge is 0.162 e. The van der Waals surface area contributed by atoms with Crippen LogP contribution in [-0.2, 0) is 9.47 Å². The van der Waals surface area contributed by atoms with Gasteiger partial charge in [0.2, 0.25) is 0 Å². The number of anilines is 1. The monoisotopic (exact) mass is 349 g/mol. The highest BCUT2D eigenvalue weighted by Gasteiger charge is 2.27. The molecule has 3 aromatic rings. The average Bonchev–Trinajstić information content (AvgIpc) is 2.67. The Labute approximate surface area is 153 Å². The normalized spacial score (nSPS) is 20.5. The van der Waals surface area contributed by atoms with Crippen LogP contribution in [0.2, 0.25) is 0 Å². The molecular weight excluding hydrogens is 326 g/mol. The lowest BCUT2D eigenvalue weighted by Crippen LogP contribution is -2.48. The molecule has 0 aliphatic carbocycles. The van der Waals surface area contributed by atoms with Crippen LogP contribution in [0, 0.1) is 0 Å². The van der Waals surface area contributed by atoms with Crippen molar-refractivity contribution in [2.45, 2.75) is 19.1 Å². The third kappa shape index (κ3) is 3.41. The van der Waals surface area contributed by atoms with Crippen LogP contribution < -0.4 is 4.90 Å². The fraction of sp³-hybridized carbons (Fsp3) is 0.333. The van der Waals surface area contributed by atoms with Gasteiger partial charge in [-0.05, 0) is 19.1 Å². The maximum atomic E-state index is 6.00. The zero-order chi connectivity index (χ0) is 17.9. The average molecular weight is 349 g/mol. The van der Waals surface area contributed by atoms with E-state index in [1.807, 2.05) is 48.5 Å². The van der Waals surface area contributed by atoms with Crippen LogP contribution in [0.1, 0.15) is 6.92 Å². The van der Waals surface area contributed by atoms with Gasteiger partial charge in [-0.3, -0.25) is 0 Å². The summed E-state index contributed by atoms with van der Waals surface area (Å²) >= 11 is 0. The molecule has 0 N–H and O–H groups in total. The second-order valence-electron chi connectivity index (χ2n) is 6.68. The number of benzene rings is 2. The van der Waals surface area contributed by atoms with Gasteiger partial charge in [-0.15, -0.1) is 0 Å². The number of ether oxygens (including phenoxy) is 2. The van der Waals surface area contributed by atoms with E-state index in [0.717, 1.165) is 41.2 Å². The molecule has 0 bridgehead atoms. The molecule has 2 atom stereocenters. The van der Waals surface area contributed by atoms with Crippen LogP contribution in [0.4, 0.5) is 5.82 Å². The van der Waals surface area contributed by atoms with Gasteiger partial charge in [0.15, 0.2) is 5.82 Å². The quantitative estimate of drug-likeness (QED) is 0.721. The third-order valence-corrected chi connectivity index (χ3v) is 4.59. The number of methoxy groups -OCH3 is 1. The number of hydrogen-bond acceptors (Lipinski definition) is 5. The van der Waals surface area contributed by atoms with Gasteiger partial charge < -0.3 is 14.4 Å². The summed E-state index contributed by atoms with van der Waals surface area (Å²) in [4.78, 5) is 12.0. The lowest BCUT2D eigenvalue weighted by atomic mass is 10.1. The van der Waals surface area contributed by atoms with Gasteiger partial charge >= 0.3 is 0 Å². The van der Waals surface area contributed by atoms with Crippen molar-refractivity contribution in [3.63, 3.8) is 0 Å². The van der Waals surface area contributed by atoms with Gasteiger partial charge in [0, 0.05) is 31.1 Å². The Bertz CT molecular complexity index is 885. The van der Waals surface area contributed by atoms with Crippen molar-refractivity contribution in [3.05, 3.63) is 54.6 Å². The number of rotatable bonds is 4. The van der Waals surface area contributed by atoms with Crippen molar-refractivity contribution in [1.29, 1.82) is 0 Å². The Morgan fingerprint density at radius 1 is 1.04 bits per heavy atom. The van der Waals surface area contributed by atoms with E-state index in [2.05, 4.69) is 17.9 Å². The topological polar surface area (TPSA) is 47.5 Å². The maximum Gasteiger partial charge on any atom is 0.162 e. The summed E-state index contributed by atoms with van der Waals surface area (Å²) in [5.41, 5.74) is 1.98. The number of aromatic nitrogens is 2. The van der Waals surface area contributed by atoms with E-state index < -0.39 is 0 Å². The predicted molar refractivity (Wildman–Crippen MR) is 103 cm³/mol. The van der Waals surface area contributed by atoms with Gasteiger partial charge in [0.1, 0.15) is 5.82 Å². The Morgan fingerprint density at radius 2 is 1.81 bits per heavy atom. The Kier molecular flexibility index (Phi) is 4.82. The summed E-state index contributed by atoms with van der Waals surface area (Å²) in [6.07, 6.45) is 0.162. The summed E-state index contributed by atoms with van der Waals surface area (Å²) in [5, 5.41) is 1.07. The van der Waals surface area contributed by atoms with E-state index in [4.69, 9.17) is 19.4 Å². The first kappa shape index (κ1) is 16.9. The molecule has 1 fully saturated rings. The van der Waals surface area contributed by atoms with E-state index in [-0.39, 0.29) is 12.2 Å². The molecule has 5 nitrogen and oxygen atoms in total. The fourth-order valence-electron chi connectivity index (χ4n) is 3.51.